The van der Waals surface area contributed by atoms with Crippen molar-refractivity contribution in [3.63, 3.8) is 0 Å². The number of nitrogens with one attached hydrogen (secondary N) is 1. The number of aromatic nitrogens is 1. The zero-order chi connectivity index (χ0) is 26.6. The topological polar surface area (TPSA) is 131 Å². The highest BCUT2D eigenvalue weighted by Gasteiger charge is 2.20. The number of pyridine rings is 1. The van der Waals surface area contributed by atoms with Crippen molar-refractivity contribution in [1.29, 1.82) is 0 Å². The van der Waals surface area contributed by atoms with Crippen molar-refractivity contribution in [2.45, 2.75) is 6.54 Å². The molecule has 3 heterocycles. The van der Waals surface area contributed by atoms with Gasteiger partial charge >= 0.3 is 0 Å². The van der Waals surface area contributed by atoms with Gasteiger partial charge < -0.3 is 30.2 Å². The van der Waals surface area contributed by atoms with Crippen LogP contribution in [0.15, 0.2) is 65.2 Å². The van der Waals surface area contributed by atoms with Crippen molar-refractivity contribution >= 4 is 46.3 Å². The Morgan fingerprint density at radius 3 is 2.58 bits per heavy atom. The SMILES string of the molecule is Nc1ccc(C=CC(=O)NCc2oc3c(Cl)cc(-c4ccc(C(=O)N5CCOCC5)cc4)cc3c2O)cn1. The molecule has 0 aliphatic carbocycles. The second-order valence-corrected chi connectivity index (χ2v) is 9.17. The van der Waals surface area contributed by atoms with E-state index in [4.69, 9.17) is 26.5 Å². The summed E-state index contributed by atoms with van der Waals surface area (Å²) >= 11 is 6.48. The van der Waals surface area contributed by atoms with Crippen LogP contribution in [0.3, 0.4) is 0 Å². The number of halogens is 1. The van der Waals surface area contributed by atoms with Gasteiger partial charge in [-0.25, -0.2) is 4.98 Å². The zero-order valence-electron chi connectivity index (χ0n) is 20.3. The van der Waals surface area contributed by atoms with E-state index in [2.05, 4.69) is 10.3 Å². The van der Waals surface area contributed by atoms with Gasteiger partial charge in [0.15, 0.2) is 17.1 Å². The Kier molecular flexibility index (Phi) is 7.30. The van der Waals surface area contributed by atoms with Crippen molar-refractivity contribution in [2.24, 2.45) is 0 Å². The first kappa shape index (κ1) is 25.3. The lowest BCUT2D eigenvalue weighted by molar-refractivity contribution is -0.116. The number of carbonyl (C=O) groups excluding carboxylic acids is 2. The van der Waals surface area contributed by atoms with Crippen LogP contribution in [0.2, 0.25) is 5.02 Å². The summed E-state index contributed by atoms with van der Waals surface area (Å²) in [6.07, 6.45) is 4.51. The molecule has 1 aliphatic rings. The highest BCUT2D eigenvalue weighted by molar-refractivity contribution is 6.35. The number of rotatable bonds is 6. The standard InChI is InChI=1S/C28H25ClN4O5/c29-22-14-20(18-3-5-19(6-4-18)28(36)33-9-11-37-12-10-33)13-21-26(35)23(38-27(21)22)16-32-25(34)8-2-17-1-7-24(30)31-15-17/h1-8,13-15,35H,9-12,16H2,(H2,30,31)(H,32,34). The highest BCUT2D eigenvalue weighted by atomic mass is 35.5. The van der Waals surface area contributed by atoms with Crippen LogP contribution in [0, 0.1) is 0 Å². The van der Waals surface area contributed by atoms with E-state index in [-0.39, 0.29) is 29.9 Å². The van der Waals surface area contributed by atoms with E-state index in [1.54, 1.807) is 53.6 Å². The van der Waals surface area contributed by atoms with Crippen LogP contribution in [-0.2, 0) is 16.1 Å². The van der Waals surface area contributed by atoms with Gasteiger partial charge in [-0.3, -0.25) is 9.59 Å². The van der Waals surface area contributed by atoms with Crippen molar-refractivity contribution in [3.05, 3.63) is 82.7 Å². The first-order chi connectivity index (χ1) is 18.4. The third-order valence-electron chi connectivity index (χ3n) is 6.21. The number of hydrogen-bond donors (Lipinski definition) is 3. The molecule has 10 heteroatoms. The average molecular weight is 533 g/mol. The lowest BCUT2D eigenvalue weighted by Gasteiger charge is -2.26. The summed E-state index contributed by atoms with van der Waals surface area (Å²) < 4.78 is 11.1. The van der Waals surface area contributed by atoms with Crippen LogP contribution in [0.4, 0.5) is 5.82 Å². The number of amides is 2. The fourth-order valence-corrected chi connectivity index (χ4v) is 4.41. The molecule has 4 aromatic rings. The molecular weight excluding hydrogens is 508 g/mol. The Bertz CT molecular complexity index is 1510. The van der Waals surface area contributed by atoms with Gasteiger partial charge in [-0.05, 0) is 59.2 Å². The number of hydrogen-bond acceptors (Lipinski definition) is 7. The molecule has 38 heavy (non-hydrogen) atoms. The molecular formula is C28H25ClN4O5. The monoisotopic (exact) mass is 532 g/mol. The van der Waals surface area contributed by atoms with E-state index >= 15 is 0 Å². The number of carbonyl (C=O) groups is 2. The molecule has 0 atom stereocenters. The van der Waals surface area contributed by atoms with Gasteiger partial charge in [0, 0.05) is 30.9 Å². The smallest absolute Gasteiger partial charge is 0.254 e. The molecule has 1 aliphatic heterocycles. The molecule has 5 rings (SSSR count). The molecule has 0 spiro atoms. The summed E-state index contributed by atoms with van der Waals surface area (Å²) in [6.45, 7) is 2.20. The lowest BCUT2D eigenvalue weighted by Crippen LogP contribution is -2.40. The molecule has 194 valence electrons. The summed E-state index contributed by atoms with van der Waals surface area (Å²) in [5.41, 5.74) is 8.77. The summed E-state index contributed by atoms with van der Waals surface area (Å²) in [6, 6.07) is 14.1. The number of fused-ring (bicyclic) bond motifs is 1. The van der Waals surface area contributed by atoms with E-state index in [1.807, 2.05) is 12.1 Å². The van der Waals surface area contributed by atoms with E-state index in [0.29, 0.717) is 53.7 Å². The molecule has 1 fully saturated rings. The molecule has 0 radical (unpaired) electrons. The maximum atomic E-state index is 12.7. The average Bonchev–Trinajstić information content (AvgIpc) is 3.27. The minimum absolute atomic E-state index is 0.0340. The normalized spacial score (nSPS) is 13.8. The molecule has 0 bridgehead atoms. The van der Waals surface area contributed by atoms with Gasteiger partial charge in [0.05, 0.1) is 30.2 Å². The largest absolute Gasteiger partial charge is 0.504 e. The summed E-state index contributed by atoms with van der Waals surface area (Å²) in [4.78, 5) is 30.7. The molecule has 0 saturated carbocycles. The molecule has 4 N–H and O–H groups in total. The first-order valence-electron chi connectivity index (χ1n) is 12.0. The number of furan rings is 1. The first-order valence-corrected chi connectivity index (χ1v) is 12.4. The van der Waals surface area contributed by atoms with Crippen LogP contribution in [0.5, 0.6) is 5.75 Å². The van der Waals surface area contributed by atoms with Crippen LogP contribution >= 0.6 is 11.6 Å². The van der Waals surface area contributed by atoms with Gasteiger partial charge in [0.2, 0.25) is 5.91 Å². The van der Waals surface area contributed by atoms with Crippen LogP contribution in [0.25, 0.3) is 28.2 Å². The van der Waals surface area contributed by atoms with E-state index in [9.17, 15) is 14.7 Å². The minimum atomic E-state index is -0.375. The zero-order valence-corrected chi connectivity index (χ0v) is 21.1. The highest BCUT2D eigenvalue weighted by Crippen LogP contribution is 2.39. The Balaban J connectivity index is 1.30. The molecule has 9 nitrogen and oxygen atoms in total. The fraction of sp³-hybridized carbons (Fsp3) is 0.179. The van der Waals surface area contributed by atoms with Crippen LogP contribution in [0.1, 0.15) is 21.7 Å². The number of nitrogen functional groups attached to an aromatic ring is 1. The van der Waals surface area contributed by atoms with Crippen molar-refractivity contribution in [2.75, 3.05) is 32.0 Å². The predicted octanol–water partition coefficient (Wildman–Crippen LogP) is 4.24. The predicted molar refractivity (Wildman–Crippen MR) is 145 cm³/mol. The maximum absolute atomic E-state index is 12.7. The fourth-order valence-electron chi connectivity index (χ4n) is 4.15. The number of benzene rings is 2. The number of aromatic hydroxyl groups is 1. The minimum Gasteiger partial charge on any atom is -0.504 e. The molecule has 2 aromatic heterocycles. The second-order valence-electron chi connectivity index (χ2n) is 8.76. The molecule has 0 unspecified atom stereocenters. The molecule has 2 amide bonds. The van der Waals surface area contributed by atoms with Gasteiger partial charge in [-0.1, -0.05) is 23.7 Å². The summed E-state index contributed by atoms with van der Waals surface area (Å²) in [5.74, 6) is 0.0635. The second kappa shape index (κ2) is 11.0. The third kappa shape index (κ3) is 5.49. The number of nitrogens with two attached hydrogens (primary N) is 1. The Morgan fingerprint density at radius 1 is 1.11 bits per heavy atom. The van der Waals surface area contributed by atoms with Gasteiger partial charge in [0.1, 0.15) is 5.82 Å². The lowest BCUT2D eigenvalue weighted by atomic mass is 10.0. The number of morpholine rings is 1. The van der Waals surface area contributed by atoms with Crippen molar-refractivity contribution in [3.8, 4) is 16.9 Å². The van der Waals surface area contributed by atoms with Gasteiger partial charge in [-0.15, -0.1) is 0 Å². The van der Waals surface area contributed by atoms with Gasteiger partial charge in [0.25, 0.3) is 5.91 Å². The Hall–Kier alpha value is -4.34. The molecule has 1 saturated heterocycles. The Morgan fingerprint density at radius 2 is 1.87 bits per heavy atom. The van der Waals surface area contributed by atoms with Gasteiger partial charge in [-0.2, -0.15) is 0 Å². The third-order valence-corrected chi connectivity index (χ3v) is 6.49. The molecule has 2 aromatic carbocycles. The summed E-state index contributed by atoms with van der Waals surface area (Å²) in [7, 11) is 0. The number of nitrogens with zero attached hydrogens (tertiary/aromatic N) is 2. The Labute approximate surface area is 223 Å². The summed E-state index contributed by atoms with van der Waals surface area (Å²) in [5, 5.41) is 14.2. The number of anilines is 1. The van der Waals surface area contributed by atoms with E-state index < -0.39 is 0 Å². The quantitative estimate of drug-likeness (QED) is 0.316. The number of ether oxygens (including phenoxy) is 1. The van der Waals surface area contributed by atoms with Crippen molar-refractivity contribution < 1.29 is 23.8 Å². The van der Waals surface area contributed by atoms with Crippen LogP contribution < -0.4 is 11.1 Å². The van der Waals surface area contributed by atoms with E-state index in [1.165, 1.54) is 6.08 Å². The maximum Gasteiger partial charge on any atom is 0.254 e. The van der Waals surface area contributed by atoms with Crippen LogP contribution in [-0.4, -0.2) is 53.1 Å². The van der Waals surface area contributed by atoms with Crippen molar-refractivity contribution in [1.82, 2.24) is 15.2 Å². The van der Waals surface area contributed by atoms with E-state index in [0.717, 1.165) is 16.7 Å².